The minimum Gasteiger partial charge on any atom is -0.356 e. The fraction of sp³-hybridized carbons (Fsp3) is 0.875. The van der Waals surface area contributed by atoms with Crippen molar-refractivity contribution in [3.8, 4) is 0 Å². The Balaban J connectivity index is 1.91. The minimum absolute atomic E-state index is 0.0797. The molecular weight excluding hydrogens is 266 g/mol. The predicted octanol–water partition coefficient (Wildman–Crippen LogP) is 1.14. The summed E-state index contributed by atoms with van der Waals surface area (Å²) in [5, 5.41) is 6.27. The average Bonchev–Trinajstić information content (AvgIpc) is 2.55. The number of hydrogen-bond acceptors (Lipinski definition) is 3. The second kappa shape index (κ2) is 7.25. The average molecular weight is 295 g/mol. The Hall–Kier alpha value is -1.10. The first-order chi connectivity index (χ1) is 10.1. The highest BCUT2D eigenvalue weighted by atomic mass is 16.2. The molecule has 2 aliphatic heterocycles. The van der Waals surface area contributed by atoms with Gasteiger partial charge in [0.1, 0.15) is 0 Å². The van der Waals surface area contributed by atoms with E-state index in [2.05, 4.69) is 17.6 Å². The highest BCUT2D eigenvalue weighted by Gasteiger charge is 2.41. The molecule has 2 amide bonds. The van der Waals surface area contributed by atoms with Crippen LogP contribution in [0.2, 0.25) is 0 Å². The van der Waals surface area contributed by atoms with Crippen LogP contribution in [0.5, 0.6) is 0 Å². The first-order valence-electron chi connectivity index (χ1n) is 8.41. The van der Waals surface area contributed by atoms with Crippen LogP contribution in [0.4, 0.5) is 0 Å². The number of nitrogens with one attached hydrogen (secondary N) is 2. The lowest BCUT2D eigenvalue weighted by Crippen LogP contribution is -2.54. The third kappa shape index (κ3) is 3.57. The lowest BCUT2D eigenvalue weighted by Gasteiger charge is -2.41. The van der Waals surface area contributed by atoms with Crippen molar-refractivity contribution in [3.63, 3.8) is 0 Å². The largest absolute Gasteiger partial charge is 0.356 e. The van der Waals surface area contributed by atoms with Gasteiger partial charge in [0.15, 0.2) is 0 Å². The number of hydrogen-bond donors (Lipinski definition) is 2. The molecule has 0 radical (unpaired) electrons. The molecule has 0 spiro atoms. The van der Waals surface area contributed by atoms with Crippen LogP contribution in [-0.2, 0) is 9.59 Å². The Morgan fingerprint density at radius 2 is 2.00 bits per heavy atom. The first-order valence-corrected chi connectivity index (χ1v) is 8.41. The number of piperidine rings is 2. The molecule has 5 heteroatoms. The van der Waals surface area contributed by atoms with Gasteiger partial charge in [0.05, 0.1) is 5.41 Å². The van der Waals surface area contributed by atoms with E-state index in [1.165, 1.54) is 0 Å². The van der Waals surface area contributed by atoms with E-state index >= 15 is 0 Å². The standard InChI is InChI=1S/C16H29N3O2/c1-3-16(8-5-9-17-12-16)15(21)19-10-6-13(7-11-19)14(20)18-4-2/h13,17H,3-12H2,1-2H3,(H,18,20). The molecule has 2 rings (SSSR count). The fourth-order valence-electron chi connectivity index (χ4n) is 3.60. The van der Waals surface area contributed by atoms with Crippen molar-refractivity contribution in [2.75, 3.05) is 32.7 Å². The summed E-state index contributed by atoms with van der Waals surface area (Å²) >= 11 is 0. The van der Waals surface area contributed by atoms with Gasteiger partial charge in [-0.05, 0) is 45.6 Å². The summed E-state index contributed by atoms with van der Waals surface area (Å²) in [5.41, 5.74) is -0.212. The van der Waals surface area contributed by atoms with Crippen LogP contribution in [0.25, 0.3) is 0 Å². The molecule has 0 aromatic heterocycles. The Morgan fingerprint density at radius 1 is 1.29 bits per heavy atom. The number of nitrogens with zero attached hydrogens (tertiary/aromatic N) is 1. The van der Waals surface area contributed by atoms with Crippen molar-refractivity contribution in [1.82, 2.24) is 15.5 Å². The molecule has 2 saturated heterocycles. The molecule has 2 fully saturated rings. The number of carbonyl (C=O) groups excluding carboxylic acids is 2. The van der Waals surface area contributed by atoms with Crippen LogP contribution in [0.1, 0.15) is 46.0 Å². The quantitative estimate of drug-likeness (QED) is 0.817. The summed E-state index contributed by atoms with van der Waals surface area (Å²) < 4.78 is 0. The van der Waals surface area contributed by atoms with Gasteiger partial charge in [0, 0.05) is 32.1 Å². The third-order valence-corrected chi connectivity index (χ3v) is 5.11. The van der Waals surface area contributed by atoms with Gasteiger partial charge in [0.25, 0.3) is 0 Å². The van der Waals surface area contributed by atoms with Crippen molar-refractivity contribution in [2.24, 2.45) is 11.3 Å². The van der Waals surface area contributed by atoms with Crippen molar-refractivity contribution in [2.45, 2.75) is 46.0 Å². The molecule has 2 aliphatic rings. The summed E-state index contributed by atoms with van der Waals surface area (Å²) in [4.78, 5) is 26.8. The van der Waals surface area contributed by atoms with Gasteiger partial charge in [-0.2, -0.15) is 0 Å². The molecule has 1 unspecified atom stereocenters. The zero-order valence-electron chi connectivity index (χ0n) is 13.4. The SMILES string of the molecule is CCNC(=O)C1CCN(C(=O)C2(CC)CCCNC2)CC1. The maximum atomic E-state index is 12.9. The van der Waals surface area contributed by atoms with E-state index in [4.69, 9.17) is 0 Å². The van der Waals surface area contributed by atoms with E-state index in [1.807, 2.05) is 11.8 Å². The normalized spacial score (nSPS) is 27.4. The Kier molecular flexibility index (Phi) is 5.62. The molecule has 0 saturated carbocycles. The molecule has 0 aromatic rings. The zero-order valence-corrected chi connectivity index (χ0v) is 13.4. The topological polar surface area (TPSA) is 61.4 Å². The van der Waals surface area contributed by atoms with Crippen LogP contribution >= 0.6 is 0 Å². The molecular formula is C16H29N3O2. The van der Waals surface area contributed by atoms with Crippen LogP contribution in [0, 0.1) is 11.3 Å². The highest BCUT2D eigenvalue weighted by Crippen LogP contribution is 2.33. The second-order valence-corrected chi connectivity index (χ2v) is 6.38. The van der Waals surface area contributed by atoms with Crippen molar-refractivity contribution in [3.05, 3.63) is 0 Å². The van der Waals surface area contributed by atoms with E-state index in [-0.39, 0.29) is 17.2 Å². The number of amides is 2. The van der Waals surface area contributed by atoms with Crippen LogP contribution in [-0.4, -0.2) is 49.4 Å². The number of likely N-dealkylation sites (tertiary alicyclic amines) is 1. The van der Waals surface area contributed by atoms with E-state index < -0.39 is 0 Å². The van der Waals surface area contributed by atoms with Crippen LogP contribution in [0.3, 0.4) is 0 Å². The highest BCUT2D eigenvalue weighted by molar-refractivity contribution is 5.84. The summed E-state index contributed by atoms with van der Waals surface area (Å²) in [5.74, 6) is 0.525. The van der Waals surface area contributed by atoms with Gasteiger partial charge < -0.3 is 15.5 Å². The summed E-state index contributed by atoms with van der Waals surface area (Å²) in [6, 6.07) is 0. The molecule has 0 aliphatic carbocycles. The van der Waals surface area contributed by atoms with Crippen molar-refractivity contribution in [1.29, 1.82) is 0 Å². The number of rotatable bonds is 4. The van der Waals surface area contributed by atoms with Crippen LogP contribution < -0.4 is 10.6 Å². The Morgan fingerprint density at radius 3 is 2.52 bits per heavy atom. The molecule has 2 heterocycles. The summed E-state index contributed by atoms with van der Waals surface area (Å²) in [6.45, 7) is 8.02. The van der Waals surface area contributed by atoms with E-state index in [0.29, 0.717) is 12.5 Å². The van der Waals surface area contributed by atoms with E-state index in [9.17, 15) is 9.59 Å². The molecule has 120 valence electrons. The van der Waals surface area contributed by atoms with Gasteiger partial charge in [-0.25, -0.2) is 0 Å². The lowest BCUT2D eigenvalue weighted by atomic mass is 9.76. The molecule has 2 N–H and O–H groups in total. The maximum absolute atomic E-state index is 12.9. The van der Waals surface area contributed by atoms with Crippen LogP contribution in [0.15, 0.2) is 0 Å². The summed E-state index contributed by atoms with van der Waals surface area (Å²) in [7, 11) is 0. The summed E-state index contributed by atoms with van der Waals surface area (Å²) in [6.07, 6.45) is 4.56. The van der Waals surface area contributed by atoms with Gasteiger partial charge in [0.2, 0.25) is 11.8 Å². The maximum Gasteiger partial charge on any atom is 0.230 e. The second-order valence-electron chi connectivity index (χ2n) is 6.38. The fourth-order valence-corrected chi connectivity index (χ4v) is 3.60. The predicted molar refractivity (Wildman–Crippen MR) is 82.8 cm³/mol. The Bertz CT molecular complexity index is 370. The monoisotopic (exact) mass is 295 g/mol. The van der Waals surface area contributed by atoms with E-state index in [0.717, 1.165) is 58.3 Å². The number of carbonyl (C=O) groups is 2. The molecule has 21 heavy (non-hydrogen) atoms. The zero-order chi connectivity index (χ0) is 15.3. The van der Waals surface area contributed by atoms with Crippen molar-refractivity contribution >= 4 is 11.8 Å². The lowest BCUT2D eigenvalue weighted by molar-refractivity contribution is -0.146. The molecule has 1 atom stereocenters. The molecule has 5 nitrogen and oxygen atoms in total. The molecule has 0 bridgehead atoms. The van der Waals surface area contributed by atoms with Gasteiger partial charge in [-0.15, -0.1) is 0 Å². The van der Waals surface area contributed by atoms with Gasteiger partial charge in [-0.3, -0.25) is 9.59 Å². The van der Waals surface area contributed by atoms with Gasteiger partial charge in [-0.1, -0.05) is 6.92 Å². The minimum atomic E-state index is -0.212. The van der Waals surface area contributed by atoms with Gasteiger partial charge >= 0.3 is 0 Å². The molecule has 0 aromatic carbocycles. The van der Waals surface area contributed by atoms with E-state index in [1.54, 1.807) is 0 Å². The third-order valence-electron chi connectivity index (χ3n) is 5.11. The van der Waals surface area contributed by atoms with Crippen molar-refractivity contribution < 1.29 is 9.59 Å². The Labute approximate surface area is 127 Å². The first kappa shape index (κ1) is 16.3. The smallest absolute Gasteiger partial charge is 0.230 e.